The lowest BCUT2D eigenvalue weighted by Crippen LogP contribution is -2.32. The first kappa shape index (κ1) is 15.1. The molecule has 6 heteroatoms. The molecule has 1 unspecified atom stereocenters. The van der Waals surface area contributed by atoms with Crippen molar-refractivity contribution in [3.05, 3.63) is 27.7 Å². The molecule has 0 saturated heterocycles. The molecule has 1 rings (SSSR count). The van der Waals surface area contributed by atoms with Crippen LogP contribution < -0.4 is 11.1 Å². The van der Waals surface area contributed by atoms with Gasteiger partial charge in [-0.25, -0.2) is 0 Å². The number of benzene rings is 1. The minimum absolute atomic E-state index is 0.161. The molecule has 4 N–H and O–H groups in total. The van der Waals surface area contributed by atoms with Crippen molar-refractivity contribution in [3.8, 4) is 0 Å². The summed E-state index contributed by atoms with van der Waals surface area (Å²) in [7, 11) is 0. The molecular formula is C12H16Cl2N2O2. The fraction of sp³-hybridized carbons (Fsp3) is 0.417. The molecule has 0 aliphatic heterocycles. The second-order valence-corrected chi connectivity index (χ2v) is 4.80. The molecule has 1 aromatic carbocycles. The van der Waals surface area contributed by atoms with Crippen molar-refractivity contribution < 1.29 is 9.90 Å². The van der Waals surface area contributed by atoms with Crippen LogP contribution in [0, 0.1) is 0 Å². The number of anilines is 1. The molecule has 0 heterocycles. The topological polar surface area (TPSA) is 75.3 Å². The molecule has 0 spiro atoms. The van der Waals surface area contributed by atoms with Gasteiger partial charge >= 0.3 is 0 Å². The first-order chi connectivity index (χ1) is 8.45. The maximum Gasteiger partial charge on any atom is 0.253 e. The third-order valence-electron chi connectivity index (χ3n) is 2.42. The highest BCUT2D eigenvalue weighted by Gasteiger charge is 2.15. The molecule has 1 amide bonds. The number of nitrogen functional groups attached to an aromatic ring is 1. The summed E-state index contributed by atoms with van der Waals surface area (Å²) >= 11 is 11.8. The van der Waals surface area contributed by atoms with Crippen LogP contribution in [-0.4, -0.2) is 23.7 Å². The van der Waals surface area contributed by atoms with Gasteiger partial charge in [0, 0.05) is 12.2 Å². The minimum atomic E-state index is -0.561. The van der Waals surface area contributed by atoms with E-state index in [1.807, 2.05) is 6.92 Å². The third kappa shape index (κ3) is 4.05. The Morgan fingerprint density at radius 2 is 2.17 bits per heavy atom. The largest absolute Gasteiger partial charge is 0.399 e. The highest BCUT2D eigenvalue weighted by molar-refractivity contribution is 6.44. The Balaban J connectivity index is 2.73. The summed E-state index contributed by atoms with van der Waals surface area (Å²) in [5.74, 6) is -0.399. The number of amides is 1. The first-order valence-corrected chi connectivity index (χ1v) is 6.42. The number of nitrogens with one attached hydrogen (secondary N) is 1. The zero-order chi connectivity index (χ0) is 13.7. The van der Waals surface area contributed by atoms with E-state index in [0.29, 0.717) is 12.1 Å². The van der Waals surface area contributed by atoms with Crippen LogP contribution in [0.1, 0.15) is 30.1 Å². The quantitative estimate of drug-likeness (QED) is 0.729. The number of aliphatic hydroxyl groups is 1. The van der Waals surface area contributed by atoms with E-state index in [9.17, 15) is 9.90 Å². The van der Waals surface area contributed by atoms with Crippen LogP contribution in [0.4, 0.5) is 5.69 Å². The molecule has 0 bridgehead atoms. The minimum Gasteiger partial charge on any atom is -0.399 e. The third-order valence-corrected chi connectivity index (χ3v) is 3.22. The van der Waals surface area contributed by atoms with Gasteiger partial charge in [0.05, 0.1) is 21.7 Å². The number of carbonyl (C=O) groups excluding carboxylic acids is 1. The number of rotatable bonds is 5. The van der Waals surface area contributed by atoms with Gasteiger partial charge in [-0.15, -0.1) is 0 Å². The molecule has 0 aliphatic rings. The molecule has 18 heavy (non-hydrogen) atoms. The van der Waals surface area contributed by atoms with Crippen LogP contribution in [0.25, 0.3) is 0 Å². The Hall–Kier alpha value is -0.970. The summed E-state index contributed by atoms with van der Waals surface area (Å²) in [6, 6.07) is 2.93. The fourth-order valence-electron chi connectivity index (χ4n) is 1.52. The van der Waals surface area contributed by atoms with Crippen LogP contribution in [0.15, 0.2) is 12.1 Å². The summed E-state index contributed by atoms with van der Waals surface area (Å²) in [6.45, 7) is 2.13. The van der Waals surface area contributed by atoms with Gasteiger partial charge in [-0.3, -0.25) is 4.79 Å². The Kier molecular flexibility index (Phi) is 5.72. The number of nitrogens with two attached hydrogens (primary N) is 1. The van der Waals surface area contributed by atoms with Gasteiger partial charge < -0.3 is 16.2 Å². The van der Waals surface area contributed by atoms with E-state index >= 15 is 0 Å². The lowest BCUT2D eigenvalue weighted by molar-refractivity contribution is 0.0910. The van der Waals surface area contributed by atoms with Crippen molar-refractivity contribution in [3.63, 3.8) is 0 Å². The van der Waals surface area contributed by atoms with Crippen LogP contribution >= 0.6 is 23.2 Å². The average molecular weight is 291 g/mol. The molecular weight excluding hydrogens is 275 g/mol. The van der Waals surface area contributed by atoms with E-state index in [2.05, 4.69) is 5.32 Å². The standard InChI is InChI=1S/C12H16Cl2N2O2/c1-2-3-8(17)6-16-12(18)9-4-7(15)5-10(13)11(9)14/h4-5,8,17H,2-3,6,15H2,1H3,(H,16,18). The van der Waals surface area contributed by atoms with E-state index < -0.39 is 12.0 Å². The predicted molar refractivity (Wildman–Crippen MR) is 74.1 cm³/mol. The van der Waals surface area contributed by atoms with E-state index in [-0.39, 0.29) is 22.2 Å². The number of hydrogen-bond acceptors (Lipinski definition) is 3. The van der Waals surface area contributed by atoms with Crippen LogP contribution in [0.3, 0.4) is 0 Å². The van der Waals surface area contributed by atoms with Crippen LogP contribution in [0.5, 0.6) is 0 Å². The van der Waals surface area contributed by atoms with E-state index in [4.69, 9.17) is 28.9 Å². The van der Waals surface area contributed by atoms with Crippen LogP contribution in [-0.2, 0) is 0 Å². The van der Waals surface area contributed by atoms with Gasteiger partial charge in [-0.1, -0.05) is 36.5 Å². The first-order valence-electron chi connectivity index (χ1n) is 5.66. The maximum atomic E-state index is 11.9. The zero-order valence-electron chi connectivity index (χ0n) is 10.0. The van der Waals surface area contributed by atoms with Gasteiger partial charge in [0.25, 0.3) is 5.91 Å². The number of aliphatic hydroxyl groups excluding tert-OH is 1. The lowest BCUT2D eigenvalue weighted by Gasteiger charge is -2.12. The summed E-state index contributed by atoms with van der Waals surface area (Å²) in [4.78, 5) is 11.9. The Labute approximate surface area is 116 Å². The van der Waals surface area contributed by atoms with E-state index in [1.54, 1.807) is 0 Å². The predicted octanol–water partition coefficient (Wildman–Crippen LogP) is 2.47. The van der Waals surface area contributed by atoms with Gasteiger partial charge in [-0.2, -0.15) is 0 Å². The number of hydrogen-bond donors (Lipinski definition) is 3. The Bertz CT molecular complexity index is 438. The Morgan fingerprint density at radius 3 is 2.78 bits per heavy atom. The van der Waals surface area contributed by atoms with Crippen molar-refractivity contribution >= 4 is 34.8 Å². The number of carbonyl (C=O) groups is 1. The van der Waals surface area contributed by atoms with Gasteiger partial charge in [0.1, 0.15) is 0 Å². The van der Waals surface area contributed by atoms with Gasteiger partial charge in [0.2, 0.25) is 0 Å². The molecule has 0 aliphatic carbocycles. The molecule has 0 radical (unpaired) electrons. The number of halogens is 2. The summed E-state index contributed by atoms with van der Waals surface area (Å²) in [5, 5.41) is 12.5. The second-order valence-electron chi connectivity index (χ2n) is 4.02. The molecule has 100 valence electrons. The smallest absolute Gasteiger partial charge is 0.253 e. The summed E-state index contributed by atoms with van der Waals surface area (Å²) < 4.78 is 0. The van der Waals surface area contributed by atoms with Crippen molar-refractivity contribution in [2.24, 2.45) is 0 Å². The van der Waals surface area contributed by atoms with Gasteiger partial charge in [0.15, 0.2) is 0 Å². The molecule has 0 aromatic heterocycles. The lowest BCUT2D eigenvalue weighted by atomic mass is 10.1. The molecule has 0 saturated carbocycles. The SMILES string of the molecule is CCCC(O)CNC(=O)c1cc(N)cc(Cl)c1Cl. The monoisotopic (exact) mass is 290 g/mol. The van der Waals surface area contributed by atoms with E-state index in [0.717, 1.165) is 6.42 Å². The molecule has 1 aromatic rings. The second kappa shape index (κ2) is 6.83. The van der Waals surface area contributed by atoms with E-state index in [1.165, 1.54) is 12.1 Å². The molecule has 4 nitrogen and oxygen atoms in total. The highest BCUT2D eigenvalue weighted by Crippen LogP contribution is 2.28. The average Bonchev–Trinajstić information content (AvgIpc) is 2.31. The normalized spacial score (nSPS) is 12.2. The van der Waals surface area contributed by atoms with Crippen molar-refractivity contribution in [1.29, 1.82) is 0 Å². The molecule has 0 fully saturated rings. The molecule has 1 atom stereocenters. The van der Waals surface area contributed by atoms with Crippen molar-refractivity contribution in [2.45, 2.75) is 25.9 Å². The van der Waals surface area contributed by atoms with Gasteiger partial charge in [-0.05, 0) is 18.6 Å². The van der Waals surface area contributed by atoms with Crippen LogP contribution in [0.2, 0.25) is 10.0 Å². The van der Waals surface area contributed by atoms with Crippen molar-refractivity contribution in [2.75, 3.05) is 12.3 Å². The summed E-state index contributed by atoms with van der Waals surface area (Å²) in [6.07, 6.45) is 0.919. The maximum absolute atomic E-state index is 11.9. The summed E-state index contributed by atoms with van der Waals surface area (Å²) in [5.41, 5.74) is 6.18. The Morgan fingerprint density at radius 1 is 1.50 bits per heavy atom. The zero-order valence-corrected chi connectivity index (χ0v) is 11.6. The van der Waals surface area contributed by atoms with Crippen molar-refractivity contribution in [1.82, 2.24) is 5.32 Å². The fourth-order valence-corrected chi connectivity index (χ4v) is 1.94. The highest BCUT2D eigenvalue weighted by atomic mass is 35.5.